The average molecular weight is 227 g/mol. The zero-order valence-corrected chi connectivity index (χ0v) is 10.3. The minimum absolute atomic E-state index is 0.306. The molecule has 1 fully saturated rings. The monoisotopic (exact) mass is 227 g/mol. The van der Waals surface area contributed by atoms with Crippen LogP contribution in [0.4, 0.5) is 0 Å². The second kappa shape index (κ2) is 4.85. The van der Waals surface area contributed by atoms with Crippen molar-refractivity contribution in [2.45, 2.75) is 39.5 Å². The van der Waals surface area contributed by atoms with Gasteiger partial charge in [-0.25, -0.2) is 0 Å². The summed E-state index contributed by atoms with van der Waals surface area (Å²) in [6.45, 7) is 3.58. The summed E-state index contributed by atoms with van der Waals surface area (Å²) in [6, 6.07) is 0. The maximum Gasteiger partial charge on any atom is 0.318 e. The van der Waals surface area contributed by atoms with Gasteiger partial charge in [0.05, 0.1) is 0 Å². The standard InChI is InChI=1S/C12H21NO3/c1-12(2,11(15)16)10(14)13(3)8-7-9-5-4-6-9/h9H,4-8H2,1-3H3,(H,15,16). The molecular weight excluding hydrogens is 206 g/mol. The zero-order valence-electron chi connectivity index (χ0n) is 10.3. The molecule has 1 rings (SSSR count). The summed E-state index contributed by atoms with van der Waals surface area (Å²) >= 11 is 0. The fourth-order valence-electron chi connectivity index (χ4n) is 1.83. The van der Waals surface area contributed by atoms with E-state index in [1.807, 2.05) is 0 Å². The molecule has 4 nitrogen and oxygen atoms in total. The van der Waals surface area contributed by atoms with Gasteiger partial charge in [0.1, 0.15) is 5.41 Å². The molecule has 1 amide bonds. The predicted octanol–water partition coefficient (Wildman–Crippen LogP) is 1.75. The number of carbonyl (C=O) groups excluding carboxylic acids is 1. The van der Waals surface area contributed by atoms with Crippen molar-refractivity contribution in [1.29, 1.82) is 0 Å². The number of carboxylic acids is 1. The van der Waals surface area contributed by atoms with Crippen LogP contribution < -0.4 is 0 Å². The Morgan fingerprint density at radius 2 is 1.94 bits per heavy atom. The fraction of sp³-hybridized carbons (Fsp3) is 0.833. The first-order valence-corrected chi connectivity index (χ1v) is 5.84. The SMILES string of the molecule is CN(CCC1CCC1)C(=O)C(C)(C)C(=O)O. The first-order chi connectivity index (χ1) is 7.35. The molecule has 0 aliphatic heterocycles. The highest BCUT2D eigenvalue weighted by molar-refractivity contribution is 6.00. The first-order valence-electron chi connectivity index (χ1n) is 5.84. The van der Waals surface area contributed by atoms with Gasteiger partial charge in [0, 0.05) is 13.6 Å². The van der Waals surface area contributed by atoms with Crippen LogP contribution in [-0.4, -0.2) is 35.5 Å². The maximum atomic E-state index is 11.9. The molecule has 0 aromatic rings. The van der Waals surface area contributed by atoms with E-state index in [0.29, 0.717) is 6.54 Å². The Labute approximate surface area is 96.6 Å². The van der Waals surface area contributed by atoms with Gasteiger partial charge in [0.25, 0.3) is 0 Å². The molecule has 1 aliphatic carbocycles. The minimum Gasteiger partial charge on any atom is -0.480 e. The van der Waals surface area contributed by atoms with E-state index in [0.717, 1.165) is 12.3 Å². The van der Waals surface area contributed by atoms with E-state index in [1.165, 1.54) is 33.1 Å². The zero-order chi connectivity index (χ0) is 12.3. The third kappa shape index (κ3) is 2.74. The smallest absolute Gasteiger partial charge is 0.318 e. The summed E-state index contributed by atoms with van der Waals surface area (Å²) in [5.41, 5.74) is -1.31. The Balaban J connectivity index is 2.42. The average Bonchev–Trinajstić information content (AvgIpc) is 2.13. The molecule has 4 heteroatoms. The minimum atomic E-state index is -1.31. The van der Waals surface area contributed by atoms with Gasteiger partial charge in [-0.05, 0) is 26.2 Å². The van der Waals surface area contributed by atoms with Crippen LogP contribution in [0.2, 0.25) is 0 Å². The van der Waals surface area contributed by atoms with Crippen molar-refractivity contribution in [2.75, 3.05) is 13.6 Å². The molecule has 0 aromatic heterocycles. The van der Waals surface area contributed by atoms with Crippen molar-refractivity contribution < 1.29 is 14.7 Å². The molecule has 0 bridgehead atoms. The van der Waals surface area contributed by atoms with Gasteiger partial charge >= 0.3 is 5.97 Å². The second-order valence-electron chi connectivity index (χ2n) is 5.24. The van der Waals surface area contributed by atoms with Gasteiger partial charge < -0.3 is 10.0 Å². The van der Waals surface area contributed by atoms with Crippen molar-refractivity contribution in [1.82, 2.24) is 4.90 Å². The molecule has 0 spiro atoms. The van der Waals surface area contributed by atoms with E-state index in [1.54, 1.807) is 11.9 Å². The predicted molar refractivity (Wildman–Crippen MR) is 61.0 cm³/mol. The van der Waals surface area contributed by atoms with Crippen LogP contribution >= 0.6 is 0 Å². The van der Waals surface area contributed by atoms with E-state index in [9.17, 15) is 9.59 Å². The Kier molecular flexibility index (Phi) is 3.94. The number of nitrogens with zero attached hydrogens (tertiary/aromatic N) is 1. The molecular formula is C12H21NO3. The van der Waals surface area contributed by atoms with Crippen molar-refractivity contribution in [3.8, 4) is 0 Å². The van der Waals surface area contributed by atoms with Gasteiger partial charge in [-0.15, -0.1) is 0 Å². The molecule has 1 N–H and O–H groups in total. The summed E-state index contributed by atoms with van der Waals surface area (Å²) in [5.74, 6) is -0.629. The Bertz CT molecular complexity index is 282. The highest BCUT2D eigenvalue weighted by atomic mass is 16.4. The van der Waals surface area contributed by atoms with Gasteiger partial charge in [-0.1, -0.05) is 19.3 Å². The quantitative estimate of drug-likeness (QED) is 0.728. The van der Waals surface area contributed by atoms with E-state index in [4.69, 9.17) is 5.11 Å². The van der Waals surface area contributed by atoms with Gasteiger partial charge in [0.15, 0.2) is 0 Å². The maximum absolute atomic E-state index is 11.9. The third-order valence-corrected chi connectivity index (χ3v) is 3.51. The van der Waals surface area contributed by atoms with Gasteiger partial charge in [0.2, 0.25) is 5.91 Å². The van der Waals surface area contributed by atoms with Crippen LogP contribution in [0.25, 0.3) is 0 Å². The summed E-state index contributed by atoms with van der Waals surface area (Å²) in [4.78, 5) is 24.3. The topological polar surface area (TPSA) is 57.6 Å². The highest BCUT2D eigenvalue weighted by Gasteiger charge is 2.38. The van der Waals surface area contributed by atoms with Crippen LogP contribution in [0.15, 0.2) is 0 Å². The molecule has 1 aliphatic rings. The van der Waals surface area contributed by atoms with Crippen molar-refractivity contribution in [3.63, 3.8) is 0 Å². The van der Waals surface area contributed by atoms with Crippen molar-refractivity contribution in [2.24, 2.45) is 11.3 Å². The Morgan fingerprint density at radius 3 is 2.31 bits per heavy atom. The molecule has 1 saturated carbocycles. The summed E-state index contributed by atoms with van der Waals surface area (Å²) < 4.78 is 0. The molecule has 92 valence electrons. The van der Waals surface area contributed by atoms with Crippen LogP contribution in [0.3, 0.4) is 0 Å². The summed E-state index contributed by atoms with van der Waals surface area (Å²) in [5, 5.41) is 8.95. The third-order valence-electron chi connectivity index (χ3n) is 3.51. The van der Waals surface area contributed by atoms with Crippen LogP contribution in [0.5, 0.6) is 0 Å². The van der Waals surface area contributed by atoms with E-state index < -0.39 is 11.4 Å². The largest absolute Gasteiger partial charge is 0.480 e. The van der Waals surface area contributed by atoms with E-state index in [2.05, 4.69) is 0 Å². The van der Waals surface area contributed by atoms with Gasteiger partial charge in [-0.3, -0.25) is 9.59 Å². The number of carbonyl (C=O) groups is 2. The summed E-state index contributed by atoms with van der Waals surface area (Å²) in [7, 11) is 1.69. The van der Waals surface area contributed by atoms with Crippen LogP contribution in [-0.2, 0) is 9.59 Å². The molecule has 16 heavy (non-hydrogen) atoms. The number of hydrogen-bond acceptors (Lipinski definition) is 2. The molecule has 0 unspecified atom stereocenters. The number of carboxylic acid groups (broad SMARTS) is 1. The first kappa shape index (κ1) is 13.0. The molecule has 0 aromatic carbocycles. The Hall–Kier alpha value is -1.06. The van der Waals surface area contributed by atoms with E-state index >= 15 is 0 Å². The molecule has 0 heterocycles. The normalized spacial score (nSPS) is 16.7. The molecule has 0 radical (unpaired) electrons. The van der Waals surface area contributed by atoms with Crippen LogP contribution in [0, 0.1) is 11.3 Å². The lowest BCUT2D eigenvalue weighted by molar-refractivity contribution is -0.157. The number of aliphatic carboxylic acids is 1. The number of rotatable bonds is 5. The highest BCUT2D eigenvalue weighted by Crippen LogP contribution is 2.29. The number of hydrogen-bond donors (Lipinski definition) is 1. The molecule has 0 saturated heterocycles. The van der Waals surface area contributed by atoms with Crippen molar-refractivity contribution in [3.05, 3.63) is 0 Å². The van der Waals surface area contributed by atoms with Crippen LogP contribution in [0.1, 0.15) is 39.5 Å². The number of amides is 1. The Morgan fingerprint density at radius 1 is 1.38 bits per heavy atom. The van der Waals surface area contributed by atoms with Crippen molar-refractivity contribution >= 4 is 11.9 Å². The second-order valence-corrected chi connectivity index (χ2v) is 5.24. The lowest BCUT2D eigenvalue weighted by Crippen LogP contribution is -2.44. The lowest BCUT2D eigenvalue weighted by atomic mass is 9.83. The van der Waals surface area contributed by atoms with Gasteiger partial charge in [-0.2, -0.15) is 0 Å². The fourth-order valence-corrected chi connectivity index (χ4v) is 1.83. The van der Waals surface area contributed by atoms with E-state index in [-0.39, 0.29) is 5.91 Å². The lowest BCUT2D eigenvalue weighted by Gasteiger charge is -2.30. The summed E-state index contributed by atoms with van der Waals surface area (Å²) in [6.07, 6.45) is 4.80. The molecule has 0 atom stereocenters.